The molecule has 2 atom stereocenters. The first-order valence-corrected chi connectivity index (χ1v) is 9.51. The average molecular weight is 394 g/mol. The fraction of sp³-hybridized carbons (Fsp3) is 0.273. The number of aromatic hydroxyl groups is 1. The smallest absolute Gasteiger partial charge is 0.416 e. The van der Waals surface area contributed by atoms with Gasteiger partial charge in [0.15, 0.2) is 0 Å². The van der Waals surface area contributed by atoms with E-state index < -0.39 is 6.09 Å². The van der Waals surface area contributed by atoms with Crippen molar-refractivity contribution in [2.45, 2.75) is 24.8 Å². The Morgan fingerprint density at radius 1 is 1.17 bits per heavy atom. The number of allylic oxidation sites excluding steroid dienone is 1. The molecule has 1 fully saturated rings. The SMILES string of the molecule is O=C(C[C@H](C1=CCON1)c1ccc(O)cc1)N1C(=O)OC[C@@H]1Cc1ccccc1. The van der Waals surface area contributed by atoms with Crippen molar-refractivity contribution >= 4 is 12.0 Å². The molecule has 0 spiro atoms. The summed E-state index contributed by atoms with van der Waals surface area (Å²) < 4.78 is 5.18. The van der Waals surface area contributed by atoms with E-state index in [-0.39, 0.29) is 36.6 Å². The highest BCUT2D eigenvalue weighted by molar-refractivity contribution is 5.94. The van der Waals surface area contributed by atoms with Crippen molar-refractivity contribution in [3.05, 3.63) is 77.5 Å². The molecule has 0 saturated carbocycles. The summed E-state index contributed by atoms with van der Waals surface area (Å²) in [5.41, 5.74) is 5.48. The Hall–Kier alpha value is -3.32. The Morgan fingerprint density at radius 3 is 2.62 bits per heavy atom. The van der Waals surface area contributed by atoms with Crippen LogP contribution in [0.1, 0.15) is 23.5 Å². The number of amides is 2. The second kappa shape index (κ2) is 8.36. The predicted molar refractivity (Wildman–Crippen MR) is 105 cm³/mol. The van der Waals surface area contributed by atoms with Crippen LogP contribution in [-0.4, -0.2) is 41.3 Å². The molecular weight excluding hydrogens is 372 g/mol. The molecule has 2 amide bonds. The van der Waals surface area contributed by atoms with Crippen LogP contribution in [0.15, 0.2) is 66.4 Å². The van der Waals surface area contributed by atoms with Gasteiger partial charge in [-0.05, 0) is 35.8 Å². The molecule has 150 valence electrons. The minimum absolute atomic E-state index is 0.0767. The number of rotatable bonds is 6. The van der Waals surface area contributed by atoms with E-state index in [1.807, 2.05) is 36.4 Å². The lowest BCUT2D eigenvalue weighted by Crippen LogP contribution is -2.41. The molecule has 4 rings (SSSR count). The highest BCUT2D eigenvalue weighted by Crippen LogP contribution is 2.31. The second-order valence-electron chi connectivity index (χ2n) is 7.10. The number of hydroxylamine groups is 1. The summed E-state index contributed by atoms with van der Waals surface area (Å²) in [6.45, 7) is 0.591. The molecule has 2 heterocycles. The third-order valence-electron chi connectivity index (χ3n) is 5.17. The van der Waals surface area contributed by atoms with Gasteiger partial charge in [-0.1, -0.05) is 42.5 Å². The van der Waals surface area contributed by atoms with Crippen LogP contribution in [0.3, 0.4) is 0 Å². The first kappa shape index (κ1) is 19.0. The number of benzene rings is 2. The quantitative estimate of drug-likeness (QED) is 0.783. The van der Waals surface area contributed by atoms with E-state index in [2.05, 4.69) is 5.48 Å². The van der Waals surface area contributed by atoms with Gasteiger partial charge in [-0.3, -0.25) is 15.1 Å². The van der Waals surface area contributed by atoms with E-state index in [1.54, 1.807) is 24.3 Å². The van der Waals surface area contributed by atoms with E-state index in [0.717, 1.165) is 16.8 Å². The van der Waals surface area contributed by atoms with Crippen LogP contribution < -0.4 is 5.48 Å². The lowest BCUT2D eigenvalue weighted by atomic mass is 9.91. The molecule has 2 aliphatic rings. The van der Waals surface area contributed by atoms with E-state index in [0.29, 0.717) is 13.0 Å². The Bertz CT molecular complexity index is 911. The number of cyclic esters (lactones) is 1. The first-order valence-electron chi connectivity index (χ1n) is 9.51. The standard InChI is InChI=1S/C22H22N2O5/c25-18-8-6-16(7-9-18)19(20-10-11-29-23-20)13-21(26)24-17(14-28-22(24)27)12-15-4-2-1-3-5-15/h1-10,17,19,23,25H,11-14H2/t17-,19-/m0/s1. The summed E-state index contributed by atoms with van der Waals surface area (Å²) in [5.74, 6) is -0.480. The summed E-state index contributed by atoms with van der Waals surface area (Å²) in [7, 11) is 0. The number of hydrogen-bond donors (Lipinski definition) is 2. The maximum Gasteiger partial charge on any atom is 0.416 e. The first-order chi connectivity index (χ1) is 14.1. The lowest BCUT2D eigenvalue weighted by molar-refractivity contribution is -0.129. The fourth-order valence-electron chi connectivity index (χ4n) is 3.70. The summed E-state index contributed by atoms with van der Waals surface area (Å²) in [6.07, 6.45) is 1.89. The molecule has 7 heteroatoms. The van der Waals surface area contributed by atoms with Crippen LogP contribution in [0.25, 0.3) is 0 Å². The molecule has 1 saturated heterocycles. The third-order valence-corrected chi connectivity index (χ3v) is 5.17. The summed E-state index contributed by atoms with van der Waals surface area (Å²) in [4.78, 5) is 31.9. The normalized spacial score (nSPS) is 19.4. The van der Waals surface area contributed by atoms with E-state index in [9.17, 15) is 14.7 Å². The molecule has 2 aromatic carbocycles. The van der Waals surface area contributed by atoms with Gasteiger partial charge in [-0.15, -0.1) is 0 Å². The largest absolute Gasteiger partial charge is 0.508 e. The second-order valence-corrected chi connectivity index (χ2v) is 7.10. The topological polar surface area (TPSA) is 88.1 Å². The van der Waals surface area contributed by atoms with Crippen molar-refractivity contribution in [3.63, 3.8) is 0 Å². The highest BCUT2D eigenvalue weighted by Gasteiger charge is 2.39. The van der Waals surface area contributed by atoms with Gasteiger partial charge < -0.3 is 9.84 Å². The number of ether oxygens (including phenoxy) is 1. The third kappa shape index (κ3) is 4.25. The van der Waals surface area contributed by atoms with Crippen molar-refractivity contribution < 1.29 is 24.3 Å². The van der Waals surface area contributed by atoms with E-state index >= 15 is 0 Å². The Kier molecular flexibility index (Phi) is 5.48. The van der Waals surface area contributed by atoms with Gasteiger partial charge in [0.2, 0.25) is 5.91 Å². The minimum Gasteiger partial charge on any atom is -0.508 e. The number of hydrogen-bond acceptors (Lipinski definition) is 6. The van der Waals surface area contributed by atoms with Gasteiger partial charge in [0.1, 0.15) is 12.4 Å². The van der Waals surface area contributed by atoms with Gasteiger partial charge in [-0.2, -0.15) is 0 Å². The molecule has 2 aliphatic heterocycles. The van der Waals surface area contributed by atoms with Crippen molar-refractivity contribution in [1.29, 1.82) is 0 Å². The zero-order chi connectivity index (χ0) is 20.2. The van der Waals surface area contributed by atoms with Crippen LogP contribution in [0, 0.1) is 0 Å². The summed E-state index contributed by atoms with van der Waals surface area (Å²) in [6, 6.07) is 16.1. The average Bonchev–Trinajstić information content (AvgIpc) is 3.38. The molecule has 0 unspecified atom stereocenters. The van der Waals surface area contributed by atoms with Crippen LogP contribution in [0.4, 0.5) is 4.79 Å². The molecule has 0 aromatic heterocycles. The van der Waals surface area contributed by atoms with Crippen molar-refractivity contribution in [2.75, 3.05) is 13.2 Å². The van der Waals surface area contributed by atoms with Crippen molar-refractivity contribution in [2.24, 2.45) is 0 Å². The highest BCUT2D eigenvalue weighted by atomic mass is 16.6. The summed E-state index contributed by atoms with van der Waals surface area (Å²) in [5, 5.41) is 9.58. The van der Waals surface area contributed by atoms with Crippen LogP contribution >= 0.6 is 0 Å². The van der Waals surface area contributed by atoms with Gasteiger partial charge in [0, 0.05) is 18.0 Å². The Balaban J connectivity index is 1.54. The van der Waals surface area contributed by atoms with E-state index in [4.69, 9.17) is 9.57 Å². The maximum absolute atomic E-state index is 13.1. The molecule has 2 N–H and O–H groups in total. The maximum atomic E-state index is 13.1. The number of nitrogens with zero attached hydrogens (tertiary/aromatic N) is 1. The number of imide groups is 1. The number of phenols is 1. The number of phenolic OH excluding ortho intramolecular Hbond substituents is 1. The Labute approximate surface area is 168 Å². The van der Waals surface area contributed by atoms with Gasteiger partial charge in [0.25, 0.3) is 0 Å². The van der Waals surface area contributed by atoms with Gasteiger partial charge >= 0.3 is 6.09 Å². The van der Waals surface area contributed by atoms with Crippen molar-refractivity contribution in [3.8, 4) is 5.75 Å². The van der Waals surface area contributed by atoms with Crippen LogP contribution in [-0.2, 0) is 20.8 Å². The molecular formula is C22H22N2O5. The minimum atomic E-state index is -0.606. The van der Waals surface area contributed by atoms with Gasteiger partial charge in [0.05, 0.1) is 12.6 Å². The van der Waals surface area contributed by atoms with E-state index in [1.165, 1.54) is 4.90 Å². The molecule has 0 bridgehead atoms. The molecule has 7 nitrogen and oxygen atoms in total. The Morgan fingerprint density at radius 2 is 1.93 bits per heavy atom. The zero-order valence-corrected chi connectivity index (χ0v) is 15.8. The van der Waals surface area contributed by atoms with Crippen molar-refractivity contribution in [1.82, 2.24) is 10.4 Å². The molecule has 0 radical (unpaired) electrons. The molecule has 2 aromatic rings. The van der Waals surface area contributed by atoms with Gasteiger partial charge in [-0.25, -0.2) is 9.69 Å². The monoisotopic (exact) mass is 394 g/mol. The lowest BCUT2D eigenvalue weighted by Gasteiger charge is -2.24. The number of carbonyl (C=O) groups excluding carboxylic acids is 2. The molecule has 29 heavy (non-hydrogen) atoms. The fourth-order valence-corrected chi connectivity index (χ4v) is 3.70. The molecule has 0 aliphatic carbocycles. The predicted octanol–water partition coefficient (Wildman–Crippen LogP) is 2.87. The number of carbonyl (C=O) groups is 2. The summed E-state index contributed by atoms with van der Waals surface area (Å²) >= 11 is 0. The number of nitrogens with one attached hydrogen (secondary N) is 1. The van der Waals surface area contributed by atoms with Crippen LogP contribution in [0.5, 0.6) is 5.75 Å². The zero-order valence-electron chi connectivity index (χ0n) is 15.8. The van der Waals surface area contributed by atoms with Crippen LogP contribution in [0.2, 0.25) is 0 Å².